The van der Waals surface area contributed by atoms with Crippen molar-refractivity contribution in [3.05, 3.63) is 36.4 Å². The Balaban J connectivity index is 2.22. The molecule has 0 atom stereocenters. The van der Waals surface area contributed by atoms with Crippen LogP contribution >= 0.6 is 0 Å². The summed E-state index contributed by atoms with van der Waals surface area (Å²) in [5.41, 5.74) is 6.50. The number of hydrogen-bond acceptors (Lipinski definition) is 5. The van der Waals surface area contributed by atoms with E-state index in [1.54, 1.807) is 12.3 Å². The van der Waals surface area contributed by atoms with Gasteiger partial charge in [-0.05, 0) is 19.1 Å². The third kappa shape index (κ3) is 2.19. The second-order valence-corrected chi connectivity index (χ2v) is 2.98. The van der Waals surface area contributed by atoms with Crippen molar-refractivity contribution < 1.29 is 4.74 Å². The minimum absolute atomic E-state index is 0.262. The van der Waals surface area contributed by atoms with Crippen LogP contribution in [0.2, 0.25) is 0 Å². The second-order valence-electron chi connectivity index (χ2n) is 2.98. The van der Waals surface area contributed by atoms with Gasteiger partial charge >= 0.3 is 0 Å². The summed E-state index contributed by atoms with van der Waals surface area (Å²) in [6.45, 7) is 1.90. The second kappa shape index (κ2) is 3.91. The van der Waals surface area contributed by atoms with Gasteiger partial charge in [-0.3, -0.25) is 4.98 Å². The van der Waals surface area contributed by atoms with Crippen LogP contribution in [0, 0.1) is 6.92 Å². The van der Waals surface area contributed by atoms with Gasteiger partial charge in [0.05, 0.1) is 6.20 Å². The van der Waals surface area contributed by atoms with Gasteiger partial charge in [-0.2, -0.15) is 0 Å². The van der Waals surface area contributed by atoms with E-state index < -0.39 is 0 Å². The monoisotopic (exact) mass is 202 g/mol. The van der Waals surface area contributed by atoms with Gasteiger partial charge < -0.3 is 10.5 Å². The van der Waals surface area contributed by atoms with Crippen molar-refractivity contribution in [1.29, 1.82) is 0 Å². The number of anilines is 1. The lowest BCUT2D eigenvalue weighted by atomic mass is 10.4. The zero-order valence-corrected chi connectivity index (χ0v) is 8.21. The molecule has 0 bridgehead atoms. The van der Waals surface area contributed by atoms with Crippen molar-refractivity contribution in [3.63, 3.8) is 0 Å². The molecule has 0 radical (unpaired) electrons. The molecule has 2 rings (SSSR count). The predicted molar refractivity (Wildman–Crippen MR) is 55.5 cm³/mol. The highest BCUT2D eigenvalue weighted by molar-refractivity contribution is 5.41. The standard InChI is InChI=1S/C10H10N4O/c1-7-2-3-8(6-14-7)15-10-9(11)12-4-5-13-10/h2-6H,1H3,(H2,11,12). The minimum atomic E-state index is 0.262. The molecule has 2 heterocycles. The van der Waals surface area contributed by atoms with E-state index in [2.05, 4.69) is 15.0 Å². The number of aryl methyl sites for hydroxylation is 1. The van der Waals surface area contributed by atoms with Crippen LogP contribution in [-0.4, -0.2) is 15.0 Å². The van der Waals surface area contributed by atoms with E-state index in [9.17, 15) is 0 Å². The smallest absolute Gasteiger partial charge is 0.262 e. The van der Waals surface area contributed by atoms with Gasteiger partial charge in [0.1, 0.15) is 5.75 Å². The normalized spacial score (nSPS) is 9.93. The molecule has 0 aliphatic heterocycles. The predicted octanol–water partition coefficient (Wildman–Crippen LogP) is 1.55. The van der Waals surface area contributed by atoms with Crippen molar-refractivity contribution in [2.75, 3.05) is 5.73 Å². The van der Waals surface area contributed by atoms with Crippen LogP contribution in [0.25, 0.3) is 0 Å². The Kier molecular flexibility index (Phi) is 2.45. The highest BCUT2D eigenvalue weighted by atomic mass is 16.5. The molecule has 0 saturated carbocycles. The first-order valence-electron chi connectivity index (χ1n) is 4.43. The molecule has 0 amide bonds. The third-order valence-corrected chi connectivity index (χ3v) is 1.79. The molecule has 0 aliphatic rings. The Morgan fingerprint density at radius 3 is 2.60 bits per heavy atom. The van der Waals surface area contributed by atoms with Crippen molar-refractivity contribution >= 4 is 5.82 Å². The summed E-state index contributed by atoms with van der Waals surface area (Å²) < 4.78 is 5.40. The van der Waals surface area contributed by atoms with Crippen molar-refractivity contribution in [1.82, 2.24) is 15.0 Å². The van der Waals surface area contributed by atoms with E-state index in [1.165, 1.54) is 12.4 Å². The SMILES string of the molecule is Cc1ccc(Oc2nccnc2N)cn1. The largest absolute Gasteiger partial charge is 0.434 e. The Labute approximate surface area is 87.0 Å². The van der Waals surface area contributed by atoms with Crippen LogP contribution in [0.4, 0.5) is 5.82 Å². The van der Waals surface area contributed by atoms with Gasteiger partial charge in [-0.1, -0.05) is 0 Å². The van der Waals surface area contributed by atoms with Crippen LogP contribution in [-0.2, 0) is 0 Å². The Bertz CT molecular complexity index is 455. The maximum Gasteiger partial charge on any atom is 0.262 e. The lowest BCUT2D eigenvalue weighted by Gasteiger charge is -2.05. The fourth-order valence-electron chi connectivity index (χ4n) is 1.04. The first kappa shape index (κ1) is 9.39. The van der Waals surface area contributed by atoms with Gasteiger partial charge in [0.15, 0.2) is 5.82 Å². The molecule has 2 aromatic heterocycles. The lowest BCUT2D eigenvalue weighted by Crippen LogP contribution is -1.97. The molecule has 2 N–H and O–H groups in total. The molecule has 0 saturated heterocycles. The molecule has 5 nitrogen and oxygen atoms in total. The fraction of sp³-hybridized carbons (Fsp3) is 0.100. The Morgan fingerprint density at radius 1 is 1.13 bits per heavy atom. The summed E-state index contributed by atoms with van der Waals surface area (Å²) in [7, 11) is 0. The van der Waals surface area contributed by atoms with Crippen LogP contribution in [0.3, 0.4) is 0 Å². The fourth-order valence-corrected chi connectivity index (χ4v) is 1.04. The average molecular weight is 202 g/mol. The molecule has 76 valence electrons. The highest BCUT2D eigenvalue weighted by Crippen LogP contribution is 2.21. The number of rotatable bonds is 2. The van der Waals surface area contributed by atoms with Gasteiger partial charge in [0.2, 0.25) is 0 Å². The maximum absolute atomic E-state index is 5.58. The van der Waals surface area contributed by atoms with Crippen molar-refractivity contribution in [2.45, 2.75) is 6.92 Å². The summed E-state index contributed by atoms with van der Waals surface area (Å²) >= 11 is 0. The minimum Gasteiger partial charge on any atom is -0.434 e. The summed E-state index contributed by atoms with van der Waals surface area (Å²) in [5.74, 6) is 1.15. The van der Waals surface area contributed by atoms with E-state index in [-0.39, 0.29) is 5.82 Å². The number of aromatic nitrogens is 3. The van der Waals surface area contributed by atoms with Gasteiger partial charge in [-0.25, -0.2) is 9.97 Å². The summed E-state index contributed by atoms with van der Waals surface area (Å²) in [5, 5.41) is 0. The maximum atomic E-state index is 5.58. The topological polar surface area (TPSA) is 73.9 Å². The number of nitrogens with zero attached hydrogens (tertiary/aromatic N) is 3. The van der Waals surface area contributed by atoms with Gasteiger partial charge in [0.25, 0.3) is 5.88 Å². The molecule has 0 unspecified atom stereocenters. The zero-order chi connectivity index (χ0) is 10.7. The molecule has 2 aromatic rings. The molecular weight excluding hydrogens is 192 g/mol. The van der Waals surface area contributed by atoms with Crippen LogP contribution in [0.1, 0.15) is 5.69 Å². The Morgan fingerprint density at radius 2 is 1.93 bits per heavy atom. The molecule has 0 aromatic carbocycles. The highest BCUT2D eigenvalue weighted by Gasteiger charge is 2.03. The molecule has 0 spiro atoms. The van der Waals surface area contributed by atoms with Crippen molar-refractivity contribution in [2.24, 2.45) is 0 Å². The zero-order valence-electron chi connectivity index (χ0n) is 8.21. The number of ether oxygens (including phenoxy) is 1. The number of nitrogens with two attached hydrogens (primary N) is 1. The van der Waals surface area contributed by atoms with Gasteiger partial charge in [-0.15, -0.1) is 0 Å². The number of pyridine rings is 1. The molecule has 15 heavy (non-hydrogen) atoms. The van der Waals surface area contributed by atoms with Crippen LogP contribution < -0.4 is 10.5 Å². The molecule has 0 aliphatic carbocycles. The molecule has 0 fully saturated rings. The first-order valence-corrected chi connectivity index (χ1v) is 4.43. The van der Waals surface area contributed by atoms with Gasteiger partial charge in [0, 0.05) is 18.1 Å². The quantitative estimate of drug-likeness (QED) is 0.799. The van der Waals surface area contributed by atoms with Crippen molar-refractivity contribution in [3.8, 4) is 11.6 Å². The van der Waals surface area contributed by atoms with E-state index in [0.717, 1.165) is 5.69 Å². The summed E-state index contributed by atoms with van der Waals surface area (Å²) in [6.07, 6.45) is 4.65. The van der Waals surface area contributed by atoms with E-state index in [0.29, 0.717) is 11.6 Å². The lowest BCUT2D eigenvalue weighted by molar-refractivity contribution is 0.461. The Hall–Kier alpha value is -2.17. The van der Waals surface area contributed by atoms with E-state index in [4.69, 9.17) is 10.5 Å². The average Bonchev–Trinajstić information content (AvgIpc) is 2.25. The molecule has 5 heteroatoms. The van der Waals surface area contributed by atoms with Crippen LogP contribution in [0.15, 0.2) is 30.7 Å². The summed E-state index contributed by atoms with van der Waals surface area (Å²) in [4.78, 5) is 11.9. The summed E-state index contributed by atoms with van der Waals surface area (Å²) in [6, 6.07) is 3.65. The number of hydrogen-bond donors (Lipinski definition) is 1. The molecular formula is C10H10N4O. The van der Waals surface area contributed by atoms with E-state index in [1.807, 2.05) is 13.0 Å². The third-order valence-electron chi connectivity index (χ3n) is 1.79. The first-order chi connectivity index (χ1) is 7.25. The van der Waals surface area contributed by atoms with Crippen LogP contribution in [0.5, 0.6) is 11.6 Å². The van der Waals surface area contributed by atoms with E-state index >= 15 is 0 Å². The number of nitrogen functional groups attached to an aromatic ring is 1.